The Bertz CT molecular complexity index is 776. The normalized spacial score (nSPS) is 11.3. The summed E-state index contributed by atoms with van der Waals surface area (Å²) in [7, 11) is 0. The van der Waals surface area contributed by atoms with Crippen LogP contribution in [0.4, 0.5) is 37.7 Å². The fourth-order valence-electron chi connectivity index (χ4n) is 2.03. The third kappa shape index (κ3) is 4.65. The Morgan fingerprint density at radius 3 is 2.28 bits per heavy atom. The Morgan fingerprint density at radius 1 is 0.920 bits per heavy atom. The first-order chi connectivity index (χ1) is 11.7. The number of anilines is 2. The second kappa shape index (κ2) is 7.45. The Kier molecular flexibility index (Phi) is 5.55. The molecule has 2 aromatic rings. The van der Waals surface area contributed by atoms with Crippen LogP contribution in [0, 0.1) is 17.5 Å². The third-order valence-corrected chi connectivity index (χ3v) is 3.21. The van der Waals surface area contributed by atoms with Crippen molar-refractivity contribution in [3.8, 4) is 0 Å². The smallest absolute Gasteiger partial charge is 0.384 e. The van der Waals surface area contributed by atoms with Gasteiger partial charge in [0.2, 0.25) is 5.91 Å². The van der Waals surface area contributed by atoms with Crippen molar-refractivity contribution in [1.82, 2.24) is 0 Å². The summed E-state index contributed by atoms with van der Waals surface area (Å²) in [5.74, 6) is -5.46. The summed E-state index contributed by atoms with van der Waals surface area (Å²) in [6.45, 7) is -0.176. The van der Waals surface area contributed by atoms with E-state index in [2.05, 4.69) is 5.32 Å². The predicted octanol–water partition coefficient (Wildman–Crippen LogP) is 4.56. The molecule has 0 spiro atoms. The van der Waals surface area contributed by atoms with Crippen LogP contribution in [0.15, 0.2) is 36.4 Å². The van der Waals surface area contributed by atoms with Crippen molar-refractivity contribution in [2.24, 2.45) is 0 Å². The van der Waals surface area contributed by atoms with Crippen LogP contribution in [-0.2, 0) is 11.0 Å². The highest BCUT2D eigenvalue weighted by Gasteiger charge is 2.33. The quantitative estimate of drug-likeness (QED) is 0.605. The number of carbonyl (C=O) groups excluding carboxylic acids is 1. The van der Waals surface area contributed by atoms with Crippen LogP contribution >= 0.6 is 0 Å². The molecule has 2 aromatic carbocycles. The molecule has 2 N–H and O–H groups in total. The Hall–Kier alpha value is -2.71. The average Bonchev–Trinajstić information content (AvgIpc) is 2.55. The highest BCUT2D eigenvalue weighted by molar-refractivity contribution is 5.91. The Labute approximate surface area is 138 Å². The molecular formula is C16H12F6N2O. The van der Waals surface area contributed by atoms with Gasteiger partial charge < -0.3 is 10.6 Å². The van der Waals surface area contributed by atoms with Gasteiger partial charge >= 0.3 is 6.18 Å². The van der Waals surface area contributed by atoms with Crippen LogP contribution in [-0.4, -0.2) is 12.5 Å². The molecule has 0 unspecified atom stereocenters. The number of halogens is 6. The van der Waals surface area contributed by atoms with E-state index in [1.54, 1.807) is 0 Å². The van der Waals surface area contributed by atoms with Crippen molar-refractivity contribution >= 4 is 17.3 Å². The standard InChI is InChI=1S/C16H12F6N2O/c17-10-5-6-12(15(19)14(10)18)24-13(25)7-8-23-11-4-2-1-3-9(11)16(20,21)22/h1-6,23H,7-8H2,(H,24,25). The average molecular weight is 362 g/mol. The van der Waals surface area contributed by atoms with Crippen molar-refractivity contribution in [3.05, 3.63) is 59.4 Å². The van der Waals surface area contributed by atoms with Gasteiger partial charge in [-0.3, -0.25) is 4.79 Å². The van der Waals surface area contributed by atoms with Crippen molar-refractivity contribution < 1.29 is 31.1 Å². The van der Waals surface area contributed by atoms with Gasteiger partial charge in [-0.05, 0) is 24.3 Å². The first-order valence-electron chi connectivity index (χ1n) is 7.03. The van der Waals surface area contributed by atoms with Gasteiger partial charge in [0.05, 0.1) is 11.3 Å². The van der Waals surface area contributed by atoms with Gasteiger partial charge in [0.15, 0.2) is 17.5 Å². The highest BCUT2D eigenvalue weighted by atomic mass is 19.4. The minimum absolute atomic E-state index is 0.176. The molecule has 0 aliphatic carbocycles. The molecule has 0 saturated heterocycles. The molecule has 0 aliphatic rings. The van der Waals surface area contributed by atoms with Crippen LogP contribution < -0.4 is 10.6 Å². The summed E-state index contributed by atoms with van der Waals surface area (Å²) in [5.41, 5.74) is -1.65. The summed E-state index contributed by atoms with van der Waals surface area (Å²) in [5, 5.41) is 4.49. The summed E-state index contributed by atoms with van der Waals surface area (Å²) in [6, 6.07) is 6.21. The molecule has 0 aromatic heterocycles. The van der Waals surface area contributed by atoms with E-state index in [9.17, 15) is 31.1 Å². The fourth-order valence-corrected chi connectivity index (χ4v) is 2.03. The first-order valence-corrected chi connectivity index (χ1v) is 7.03. The number of para-hydroxylation sites is 1. The third-order valence-electron chi connectivity index (χ3n) is 3.21. The van der Waals surface area contributed by atoms with Gasteiger partial charge in [-0.15, -0.1) is 0 Å². The monoisotopic (exact) mass is 362 g/mol. The molecule has 0 saturated carbocycles. The lowest BCUT2D eigenvalue weighted by molar-refractivity contribution is -0.137. The number of benzene rings is 2. The predicted molar refractivity (Wildman–Crippen MR) is 79.5 cm³/mol. The minimum Gasteiger partial charge on any atom is -0.384 e. The van der Waals surface area contributed by atoms with Crippen LogP contribution in [0.25, 0.3) is 0 Å². The second-order valence-electron chi connectivity index (χ2n) is 4.99. The van der Waals surface area contributed by atoms with Crippen molar-refractivity contribution in [2.75, 3.05) is 17.2 Å². The number of alkyl halides is 3. The number of hydrogen-bond acceptors (Lipinski definition) is 2. The summed E-state index contributed by atoms with van der Waals surface area (Å²) >= 11 is 0. The zero-order chi connectivity index (χ0) is 18.6. The highest BCUT2D eigenvalue weighted by Crippen LogP contribution is 2.34. The molecule has 134 valence electrons. The molecule has 0 atom stereocenters. The Morgan fingerprint density at radius 2 is 1.60 bits per heavy atom. The number of rotatable bonds is 5. The van der Waals surface area contributed by atoms with E-state index in [4.69, 9.17) is 0 Å². The van der Waals surface area contributed by atoms with E-state index in [-0.39, 0.29) is 18.7 Å². The molecule has 9 heteroatoms. The lowest BCUT2D eigenvalue weighted by Gasteiger charge is -2.14. The number of carbonyl (C=O) groups is 1. The zero-order valence-corrected chi connectivity index (χ0v) is 12.6. The van der Waals surface area contributed by atoms with E-state index in [0.29, 0.717) is 6.07 Å². The van der Waals surface area contributed by atoms with Crippen LogP contribution in [0.1, 0.15) is 12.0 Å². The molecule has 0 heterocycles. The first kappa shape index (κ1) is 18.6. The maximum atomic E-state index is 13.4. The Balaban J connectivity index is 1.95. The summed E-state index contributed by atoms with van der Waals surface area (Å²) in [4.78, 5) is 11.7. The van der Waals surface area contributed by atoms with Gasteiger partial charge in [-0.1, -0.05) is 12.1 Å². The molecule has 0 fully saturated rings. The molecule has 3 nitrogen and oxygen atoms in total. The maximum Gasteiger partial charge on any atom is 0.418 e. The maximum absolute atomic E-state index is 13.4. The molecule has 0 aliphatic heterocycles. The SMILES string of the molecule is O=C(CCNc1ccccc1C(F)(F)F)Nc1ccc(F)c(F)c1F. The van der Waals surface area contributed by atoms with Crippen molar-refractivity contribution in [1.29, 1.82) is 0 Å². The molecule has 2 rings (SSSR count). The minimum atomic E-state index is -4.55. The van der Waals surface area contributed by atoms with Gasteiger partial charge in [0.1, 0.15) is 0 Å². The van der Waals surface area contributed by atoms with E-state index < -0.39 is 40.8 Å². The molecular weight excluding hydrogens is 350 g/mol. The molecule has 25 heavy (non-hydrogen) atoms. The number of hydrogen-bond donors (Lipinski definition) is 2. The van der Waals surface area contributed by atoms with Crippen LogP contribution in [0.3, 0.4) is 0 Å². The molecule has 1 amide bonds. The van der Waals surface area contributed by atoms with Gasteiger partial charge in [0, 0.05) is 18.7 Å². The fraction of sp³-hybridized carbons (Fsp3) is 0.188. The topological polar surface area (TPSA) is 41.1 Å². The van der Waals surface area contributed by atoms with Crippen LogP contribution in [0.2, 0.25) is 0 Å². The summed E-state index contributed by atoms with van der Waals surface area (Å²) < 4.78 is 77.7. The lowest BCUT2D eigenvalue weighted by Crippen LogP contribution is -2.18. The van der Waals surface area contributed by atoms with Crippen LogP contribution in [0.5, 0.6) is 0 Å². The molecule has 0 bridgehead atoms. The van der Waals surface area contributed by atoms with E-state index in [1.165, 1.54) is 18.2 Å². The largest absolute Gasteiger partial charge is 0.418 e. The van der Waals surface area contributed by atoms with Crippen molar-refractivity contribution in [3.63, 3.8) is 0 Å². The zero-order valence-electron chi connectivity index (χ0n) is 12.6. The number of amides is 1. The second-order valence-corrected chi connectivity index (χ2v) is 4.99. The van der Waals surface area contributed by atoms with E-state index >= 15 is 0 Å². The van der Waals surface area contributed by atoms with Crippen molar-refractivity contribution in [2.45, 2.75) is 12.6 Å². The number of nitrogens with one attached hydrogen (secondary N) is 2. The van der Waals surface area contributed by atoms with Gasteiger partial charge in [0.25, 0.3) is 0 Å². The lowest BCUT2D eigenvalue weighted by atomic mass is 10.1. The van der Waals surface area contributed by atoms with E-state index in [0.717, 1.165) is 12.1 Å². The van der Waals surface area contributed by atoms with E-state index in [1.807, 2.05) is 5.32 Å². The van der Waals surface area contributed by atoms with Gasteiger partial charge in [-0.25, -0.2) is 13.2 Å². The van der Waals surface area contributed by atoms with Gasteiger partial charge in [-0.2, -0.15) is 13.2 Å². The molecule has 0 radical (unpaired) electrons. The summed E-state index contributed by atoms with van der Waals surface area (Å²) in [6.07, 6.45) is -4.87.